The molecule has 3 aromatic heterocycles. The van der Waals surface area contributed by atoms with E-state index in [0.29, 0.717) is 30.8 Å². The number of hydrogen-bond donors (Lipinski definition) is 2. The standard InChI is InChI=1S/C27H30FN7O3/c1-38-24-11-20(21(28)15-30-24)22-12-23(33-32-22)26(37)35-10-4-17(13-27(35)6-7-27)25(36)31-18-5-9-34(16-18)19-3-2-8-29-14-19/h2-3,8,11-12,14-15,17-18H,4-7,9-10,13,16H2,1H3,(H,31,36)(H,32,33)/t17?,18-/m1/s1. The fourth-order valence-corrected chi connectivity index (χ4v) is 5.77. The molecule has 5 heterocycles. The van der Waals surface area contributed by atoms with Crippen molar-refractivity contribution in [2.45, 2.75) is 43.7 Å². The van der Waals surface area contributed by atoms with Crippen LogP contribution >= 0.6 is 0 Å². The molecule has 2 saturated heterocycles. The van der Waals surface area contributed by atoms with E-state index in [2.05, 4.69) is 30.4 Å². The number of nitrogens with zero attached hydrogens (tertiary/aromatic N) is 5. The van der Waals surface area contributed by atoms with Gasteiger partial charge in [0.25, 0.3) is 5.91 Å². The Balaban J connectivity index is 1.08. The van der Waals surface area contributed by atoms with E-state index >= 15 is 0 Å². The van der Waals surface area contributed by atoms with Crippen LogP contribution in [0.15, 0.2) is 42.9 Å². The first-order chi connectivity index (χ1) is 18.5. The Morgan fingerprint density at radius 3 is 2.84 bits per heavy atom. The van der Waals surface area contributed by atoms with E-state index in [1.165, 1.54) is 13.2 Å². The van der Waals surface area contributed by atoms with Crippen LogP contribution < -0.4 is 15.0 Å². The lowest BCUT2D eigenvalue weighted by molar-refractivity contribution is -0.127. The van der Waals surface area contributed by atoms with E-state index < -0.39 is 5.82 Å². The van der Waals surface area contributed by atoms with Gasteiger partial charge in [-0.1, -0.05) is 0 Å². The molecule has 0 bridgehead atoms. The average molecular weight is 520 g/mol. The van der Waals surface area contributed by atoms with Crippen LogP contribution in [0, 0.1) is 11.7 Å². The number of aromatic nitrogens is 4. The predicted octanol–water partition coefficient (Wildman–Crippen LogP) is 2.79. The summed E-state index contributed by atoms with van der Waals surface area (Å²) < 4.78 is 19.4. The molecule has 3 aromatic rings. The van der Waals surface area contributed by atoms with E-state index in [9.17, 15) is 14.0 Å². The summed E-state index contributed by atoms with van der Waals surface area (Å²) in [6, 6.07) is 7.07. The van der Waals surface area contributed by atoms with Crippen molar-refractivity contribution >= 4 is 17.5 Å². The molecule has 1 spiro atoms. The third-order valence-electron chi connectivity index (χ3n) is 8.01. The first kappa shape index (κ1) is 24.3. The largest absolute Gasteiger partial charge is 0.481 e. The van der Waals surface area contributed by atoms with Gasteiger partial charge in [0.2, 0.25) is 11.8 Å². The summed E-state index contributed by atoms with van der Waals surface area (Å²) in [6.45, 7) is 2.15. The number of ether oxygens (including phenoxy) is 1. The molecule has 2 aliphatic heterocycles. The van der Waals surface area contributed by atoms with Crippen LogP contribution in [-0.2, 0) is 4.79 Å². The summed E-state index contributed by atoms with van der Waals surface area (Å²) in [5.74, 6) is -0.508. The molecule has 2 N–H and O–H groups in total. The van der Waals surface area contributed by atoms with Crippen molar-refractivity contribution in [2.75, 3.05) is 31.6 Å². The van der Waals surface area contributed by atoms with Crippen LogP contribution in [0.4, 0.5) is 10.1 Å². The number of carbonyl (C=O) groups excluding carboxylic acids is 2. The lowest BCUT2D eigenvalue weighted by Gasteiger charge is -2.39. The molecule has 3 aliphatic rings. The first-order valence-corrected chi connectivity index (χ1v) is 13.0. The third-order valence-corrected chi connectivity index (χ3v) is 8.01. The van der Waals surface area contributed by atoms with Crippen LogP contribution in [0.3, 0.4) is 0 Å². The van der Waals surface area contributed by atoms with Gasteiger partial charge >= 0.3 is 0 Å². The smallest absolute Gasteiger partial charge is 0.272 e. The number of likely N-dealkylation sites (tertiary alicyclic amines) is 1. The third kappa shape index (κ3) is 4.57. The van der Waals surface area contributed by atoms with Gasteiger partial charge in [-0.15, -0.1) is 0 Å². The van der Waals surface area contributed by atoms with Gasteiger partial charge in [-0.3, -0.25) is 19.7 Å². The highest BCUT2D eigenvalue weighted by atomic mass is 19.1. The van der Waals surface area contributed by atoms with Gasteiger partial charge in [0, 0.05) is 55.0 Å². The number of piperidine rings is 1. The van der Waals surface area contributed by atoms with Crippen molar-refractivity contribution in [1.29, 1.82) is 0 Å². The number of amides is 2. The molecule has 10 nitrogen and oxygen atoms in total. The maximum Gasteiger partial charge on any atom is 0.272 e. The molecule has 3 fully saturated rings. The normalized spacial score (nSPS) is 21.9. The number of nitrogens with one attached hydrogen (secondary N) is 2. The zero-order valence-corrected chi connectivity index (χ0v) is 21.2. The number of rotatable bonds is 6. The SMILES string of the molecule is COc1cc(-c2cc(C(=O)N3CCC(C(=O)N[C@@H]4CCN(c5cccnc5)C4)CC34CC4)[nH]n2)c(F)cn1. The van der Waals surface area contributed by atoms with Crippen molar-refractivity contribution in [3.05, 3.63) is 54.4 Å². The van der Waals surface area contributed by atoms with Gasteiger partial charge in [-0.25, -0.2) is 9.37 Å². The maximum atomic E-state index is 14.4. The fraction of sp³-hybridized carbons (Fsp3) is 0.444. The van der Waals surface area contributed by atoms with E-state index in [4.69, 9.17) is 4.74 Å². The Hall–Kier alpha value is -4.02. The Morgan fingerprint density at radius 1 is 1.21 bits per heavy atom. The Morgan fingerprint density at radius 2 is 2.08 bits per heavy atom. The molecule has 2 atom stereocenters. The van der Waals surface area contributed by atoms with E-state index in [1.54, 1.807) is 12.3 Å². The molecule has 198 valence electrons. The van der Waals surface area contributed by atoms with E-state index in [-0.39, 0.29) is 40.8 Å². The van der Waals surface area contributed by atoms with Gasteiger partial charge in [-0.2, -0.15) is 5.10 Å². The summed E-state index contributed by atoms with van der Waals surface area (Å²) in [7, 11) is 1.45. The van der Waals surface area contributed by atoms with Gasteiger partial charge in [0.1, 0.15) is 5.69 Å². The van der Waals surface area contributed by atoms with Crippen LogP contribution in [-0.4, -0.2) is 75.2 Å². The Bertz CT molecular complexity index is 1340. The highest BCUT2D eigenvalue weighted by molar-refractivity contribution is 5.94. The summed E-state index contributed by atoms with van der Waals surface area (Å²) in [4.78, 5) is 38.8. The second-order valence-electron chi connectivity index (χ2n) is 10.4. The van der Waals surface area contributed by atoms with Crippen LogP contribution in [0.2, 0.25) is 0 Å². The van der Waals surface area contributed by atoms with Crippen molar-refractivity contribution in [2.24, 2.45) is 5.92 Å². The molecule has 2 amide bonds. The van der Waals surface area contributed by atoms with Gasteiger partial charge in [0.05, 0.1) is 30.9 Å². The van der Waals surface area contributed by atoms with Crippen molar-refractivity contribution < 1.29 is 18.7 Å². The van der Waals surface area contributed by atoms with Crippen molar-refractivity contribution in [3.8, 4) is 17.1 Å². The molecule has 11 heteroatoms. The summed E-state index contributed by atoms with van der Waals surface area (Å²) in [5, 5.41) is 10.2. The molecule has 38 heavy (non-hydrogen) atoms. The Labute approximate surface area is 219 Å². The zero-order valence-electron chi connectivity index (χ0n) is 21.2. The van der Waals surface area contributed by atoms with Gasteiger partial charge < -0.3 is 19.9 Å². The van der Waals surface area contributed by atoms with Gasteiger partial charge in [-0.05, 0) is 50.3 Å². The molecule has 0 radical (unpaired) electrons. The minimum absolute atomic E-state index is 0.0762. The highest BCUT2D eigenvalue weighted by Gasteiger charge is 2.54. The fourth-order valence-electron chi connectivity index (χ4n) is 5.77. The summed E-state index contributed by atoms with van der Waals surface area (Å²) in [5.41, 5.74) is 1.58. The van der Waals surface area contributed by atoms with Crippen molar-refractivity contribution in [1.82, 2.24) is 30.4 Å². The molecule has 0 aromatic carbocycles. The monoisotopic (exact) mass is 519 g/mol. The highest BCUT2D eigenvalue weighted by Crippen LogP contribution is 2.50. The number of pyridine rings is 2. The minimum Gasteiger partial charge on any atom is -0.481 e. The van der Waals surface area contributed by atoms with E-state index in [0.717, 1.165) is 44.2 Å². The number of anilines is 1. The number of carbonyl (C=O) groups is 2. The topological polar surface area (TPSA) is 116 Å². The molecule has 1 saturated carbocycles. The molecular formula is C27H30FN7O3. The second kappa shape index (κ2) is 9.70. The van der Waals surface area contributed by atoms with Crippen molar-refractivity contribution in [3.63, 3.8) is 0 Å². The molecule has 6 rings (SSSR count). The quantitative estimate of drug-likeness (QED) is 0.514. The van der Waals surface area contributed by atoms with Crippen LogP contribution in [0.25, 0.3) is 11.3 Å². The number of halogens is 1. The number of hydrogen-bond acceptors (Lipinski definition) is 7. The summed E-state index contributed by atoms with van der Waals surface area (Å²) in [6.07, 6.45) is 8.58. The molecule has 1 unspecified atom stereocenters. The molecule has 1 aliphatic carbocycles. The lowest BCUT2D eigenvalue weighted by atomic mass is 9.87. The number of aromatic amines is 1. The van der Waals surface area contributed by atoms with Crippen LogP contribution in [0.5, 0.6) is 5.88 Å². The van der Waals surface area contributed by atoms with Crippen LogP contribution in [0.1, 0.15) is 42.6 Å². The predicted molar refractivity (Wildman–Crippen MR) is 137 cm³/mol. The average Bonchev–Trinajstić information content (AvgIpc) is 3.31. The van der Waals surface area contributed by atoms with E-state index in [1.807, 2.05) is 23.2 Å². The lowest BCUT2D eigenvalue weighted by Crippen LogP contribution is -2.52. The maximum absolute atomic E-state index is 14.4. The zero-order chi connectivity index (χ0) is 26.3. The molecular weight excluding hydrogens is 489 g/mol. The number of H-pyrrole nitrogens is 1. The minimum atomic E-state index is -0.549. The first-order valence-electron chi connectivity index (χ1n) is 13.0. The van der Waals surface area contributed by atoms with Gasteiger partial charge in [0.15, 0.2) is 5.82 Å². The summed E-state index contributed by atoms with van der Waals surface area (Å²) >= 11 is 0. The second-order valence-corrected chi connectivity index (χ2v) is 10.4. The Kier molecular flexibility index (Phi) is 6.21. The number of methoxy groups -OCH3 is 1.